The highest BCUT2D eigenvalue weighted by atomic mass is 16.1. The van der Waals surface area contributed by atoms with Gasteiger partial charge < -0.3 is 5.32 Å². The van der Waals surface area contributed by atoms with E-state index in [-0.39, 0.29) is 5.91 Å². The summed E-state index contributed by atoms with van der Waals surface area (Å²) in [4.78, 5) is 12.4. The first kappa shape index (κ1) is 14.7. The molecule has 1 aromatic heterocycles. The molecule has 2 N–H and O–H groups in total. The maximum Gasteiger partial charge on any atom is 0.226 e. The Morgan fingerprint density at radius 3 is 3.00 bits per heavy atom. The number of rotatable bonds is 4. The van der Waals surface area contributed by atoms with Crippen molar-refractivity contribution in [3.8, 4) is 0 Å². The standard InChI is InChI=1S/C21H21N3O/c25-20(11-19-16-6-2-4-8-18(16)23-24-19)22-13-15-12-21(15)10-9-14-5-1-3-7-17(14)21/h1-8,15H,9-13H2,(H,22,25)(H,23,24)/t15-,21-/m0/s1. The van der Waals surface area contributed by atoms with Crippen molar-refractivity contribution in [2.75, 3.05) is 6.54 Å². The zero-order valence-corrected chi connectivity index (χ0v) is 14.1. The Kier molecular flexibility index (Phi) is 3.20. The van der Waals surface area contributed by atoms with Crippen molar-refractivity contribution in [2.24, 2.45) is 5.92 Å². The smallest absolute Gasteiger partial charge is 0.226 e. The molecule has 1 amide bonds. The summed E-state index contributed by atoms with van der Waals surface area (Å²) in [5.74, 6) is 0.654. The number of aromatic amines is 1. The van der Waals surface area contributed by atoms with Crippen molar-refractivity contribution < 1.29 is 4.79 Å². The van der Waals surface area contributed by atoms with Gasteiger partial charge in [0.2, 0.25) is 5.91 Å². The van der Waals surface area contributed by atoms with E-state index >= 15 is 0 Å². The van der Waals surface area contributed by atoms with E-state index in [0.29, 0.717) is 17.8 Å². The molecule has 126 valence electrons. The molecule has 5 rings (SSSR count). The number of H-pyrrole nitrogens is 1. The largest absolute Gasteiger partial charge is 0.355 e. The predicted octanol–water partition coefficient (Wildman–Crippen LogP) is 3.13. The first-order valence-electron chi connectivity index (χ1n) is 9.03. The quantitative estimate of drug-likeness (QED) is 0.772. The SMILES string of the molecule is O=C(Cc1[nH]nc2ccccc12)NC[C@@H]1C[C@@]12CCc1ccccc12. The van der Waals surface area contributed by atoms with E-state index in [4.69, 9.17) is 0 Å². The molecule has 1 heterocycles. The lowest BCUT2D eigenvalue weighted by Crippen LogP contribution is -2.29. The van der Waals surface area contributed by atoms with Gasteiger partial charge in [0.1, 0.15) is 0 Å². The van der Waals surface area contributed by atoms with Crippen LogP contribution in [-0.4, -0.2) is 22.6 Å². The molecule has 1 saturated carbocycles. The van der Waals surface area contributed by atoms with Gasteiger partial charge in [0.25, 0.3) is 0 Å². The van der Waals surface area contributed by atoms with Gasteiger partial charge in [-0.1, -0.05) is 42.5 Å². The van der Waals surface area contributed by atoms with Crippen LogP contribution in [0.1, 0.15) is 29.7 Å². The van der Waals surface area contributed by atoms with Crippen LogP contribution in [0.15, 0.2) is 48.5 Å². The molecule has 0 radical (unpaired) electrons. The fourth-order valence-electron chi connectivity index (χ4n) is 4.61. The molecule has 4 nitrogen and oxygen atoms in total. The topological polar surface area (TPSA) is 57.8 Å². The van der Waals surface area contributed by atoms with E-state index in [9.17, 15) is 4.79 Å². The first-order chi connectivity index (χ1) is 12.3. The van der Waals surface area contributed by atoms with E-state index in [2.05, 4.69) is 39.8 Å². The summed E-state index contributed by atoms with van der Waals surface area (Å²) in [5.41, 5.74) is 5.16. The minimum atomic E-state index is 0.0720. The maximum atomic E-state index is 12.4. The van der Waals surface area contributed by atoms with Gasteiger partial charge in [0, 0.05) is 17.3 Å². The van der Waals surface area contributed by atoms with Gasteiger partial charge in [-0.3, -0.25) is 9.89 Å². The second kappa shape index (κ2) is 5.45. The Hall–Kier alpha value is -2.62. The van der Waals surface area contributed by atoms with Crippen LogP contribution in [0, 0.1) is 5.92 Å². The second-order valence-corrected chi connectivity index (χ2v) is 7.41. The molecular formula is C21H21N3O. The van der Waals surface area contributed by atoms with Crippen LogP contribution < -0.4 is 5.32 Å². The molecular weight excluding hydrogens is 310 g/mol. The zero-order valence-electron chi connectivity index (χ0n) is 14.1. The van der Waals surface area contributed by atoms with E-state index in [1.54, 1.807) is 0 Å². The normalized spacial score (nSPS) is 23.8. The van der Waals surface area contributed by atoms with Crippen molar-refractivity contribution in [3.63, 3.8) is 0 Å². The van der Waals surface area contributed by atoms with Crippen LogP contribution in [-0.2, 0) is 23.1 Å². The highest BCUT2D eigenvalue weighted by Gasteiger charge is 2.57. The molecule has 2 aliphatic rings. The predicted molar refractivity (Wildman–Crippen MR) is 97.4 cm³/mol. The highest BCUT2D eigenvalue weighted by molar-refractivity contribution is 5.87. The molecule has 2 aliphatic carbocycles. The van der Waals surface area contributed by atoms with Crippen molar-refractivity contribution in [3.05, 3.63) is 65.4 Å². The van der Waals surface area contributed by atoms with Gasteiger partial charge in [-0.25, -0.2) is 0 Å². The van der Waals surface area contributed by atoms with Gasteiger partial charge in [-0.05, 0) is 42.4 Å². The van der Waals surface area contributed by atoms with Crippen LogP contribution in [0.2, 0.25) is 0 Å². The van der Waals surface area contributed by atoms with E-state index in [1.165, 1.54) is 30.4 Å². The maximum absolute atomic E-state index is 12.4. The third kappa shape index (κ3) is 2.36. The number of carbonyl (C=O) groups excluding carboxylic acids is 1. The average Bonchev–Trinajstić information content (AvgIpc) is 3.00. The Morgan fingerprint density at radius 1 is 1.20 bits per heavy atom. The van der Waals surface area contributed by atoms with E-state index < -0.39 is 0 Å². The number of nitrogens with one attached hydrogen (secondary N) is 2. The second-order valence-electron chi connectivity index (χ2n) is 7.41. The molecule has 1 spiro atoms. The van der Waals surface area contributed by atoms with Gasteiger partial charge in [0.05, 0.1) is 17.6 Å². The monoisotopic (exact) mass is 331 g/mol. The van der Waals surface area contributed by atoms with E-state index in [1.807, 2.05) is 24.3 Å². The van der Waals surface area contributed by atoms with Gasteiger partial charge in [-0.15, -0.1) is 0 Å². The van der Waals surface area contributed by atoms with Crippen molar-refractivity contribution in [2.45, 2.75) is 31.1 Å². The Balaban J connectivity index is 1.22. The molecule has 25 heavy (non-hydrogen) atoms. The van der Waals surface area contributed by atoms with Crippen LogP contribution in [0.4, 0.5) is 0 Å². The van der Waals surface area contributed by atoms with Gasteiger partial charge in [-0.2, -0.15) is 5.10 Å². The molecule has 4 heteroatoms. The summed E-state index contributed by atoms with van der Waals surface area (Å²) >= 11 is 0. The van der Waals surface area contributed by atoms with E-state index in [0.717, 1.165) is 23.1 Å². The number of aryl methyl sites for hydroxylation is 1. The number of nitrogens with zero attached hydrogens (tertiary/aromatic N) is 1. The van der Waals surface area contributed by atoms with Gasteiger partial charge >= 0.3 is 0 Å². The number of aromatic nitrogens is 2. The zero-order chi connectivity index (χ0) is 16.9. The molecule has 3 aromatic rings. The summed E-state index contributed by atoms with van der Waals surface area (Å²) < 4.78 is 0. The molecule has 2 aromatic carbocycles. The molecule has 0 unspecified atom stereocenters. The number of fused-ring (bicyclic) bond motifs is 3. The van der Waals surface area contributed by atoms with Crippen molar-refractivity contribution in [1.82, 2.24) is 15.5 Å². The lowest BCUT2D eigenvalue weighted by Gasteiger charge is -2.12. The Morgan fingerprint density at radius 2 is 2.04 bits per heavy atom. The third-order valence-electron chi connectivity index (χ3n) is 6.05. The van der Waals surface area contributed by atoms with Crippen LogP contribution >= 0.6 is 0 Å². The lowest BCUT2D eigenvalue weighted by atomic mass is 9.95. The van der Waals surface area contributed by atoms with Crippen molar-refractivity contribution in [1.29, 1.82) is 0 Å². The molecule has 0 saturated heterocycles. The molecule has 2 atom stereocenters. The van der Waals surface area contributed by atoms with Crippen LogP contribution in [0.5, 0.6) is 0 Å². The summed E-state index contributed by atoms with van der Waals surface area (Å²) in [7, 11) is 0. The Bertz CT molecular complexity index is 960. The Labute approximate surface area is 146 Å². The summed E-state index contributed by atoms with van der Waals surface area (Å²) in [6.07, 6.45) is 3.98. The number of para-hydroxylation sites is 1. The van der Waals surface area contributed by atoms with Gasteiger partial charge in [0.15, 0.2) is 0 Å². The minimum Gasteiger partial charge on any atom is -0.355 e. The number of amides is 1. The average molecular weight is 331 g/mol. The summed E-state index contributed by atoms with van der Waals surface area (Å²) in [6.45, 7) is 0.777. The fourth-order valence-corrected chi connectivity index (χ4v) is 4.61. The first-order valence-corrected chi connectivity index (χ1v) is 9.03. The lowest BCUT2D eigenvalue weighted by molar-refractivity contribution is -0.120. The molecule has 0 aliphatic heterocycles. The number of carbonyl (C=O) groups is 1. The summed E-state index contributed by atoms with van der Waals surface area (Å²) in [5, 5.41) is 11.4. The molecule has 1 fully saturated rings. The number of hydrogen-bond donors (Lipinski definition) is 2. The third-order valence-corrected chi connectivity index (χ3v) is 6.05. The minimum absolute atomic E-state index is 0.0720. The van der Waals surface area contributed by atoms with Crippen LogP contribution in [0.25, 0.3) is 10.9 Å². The number of hydrogen-bond acceptors (Lipinski definition) is 2. The number of benzene rings is 2. The molecule has 0 bridgehead atoms. The van der Waals surface area contributed by atoms with Crippen molar-refractivity contribution >= 4 is 16.8 Å². The summed E-state index contributed by atoms with van der Waals surface area (Å²) in [6, 6.07) is 16.7. The highest BCUT2D eigenvalue weighted by Crippen LogP contribution is 2.61. The van der Waals surface area contributed by atoms with Crippen LogP contribution in [0.3, 0.4) is 0 Å². The fraction of sp³-hybridized carbons (Fsp3) is 0.333.